The highest BCUT2D eigenvalue weighted by Gasteiger charge is 2.21. The second-order valence-corrected chi connectivity index (χ2v) is 5.95. The van der Waals surface area contributed by atoms with Gasteiger partial charge in [0.1, 0.15) is 0 Å². The quantitative estimate of drug-likeness (QED) is 0.830. The molecule has 1 N–H and O–H groups in total. The molecule has 1 aromatic carbocycles. The third-order valence-corrected chi connectivity index (χ3v) is 4.16. The molecule has 0 saturated heterocycles. The van der Waals surface area contributed by atoms with Gasteiger partial charge in [-0.15, -0.1) is 0 Å². The molecular weight excluding hydrogens is 242 g/mol. The first-order chi connectivity index (χ1) is 8.78. The van der Waals surface area contributed by atoms with Crippen LogP contribution in [-0.2, 0) is 6.42 Å². The van der Waals surface area contributed by atoms with Crippen molar-refractivity contribution >= 4 is 11.6 Å². The molecule has 0 aromatic heterocycles. The van der Waals surface area contributed by atoms with Crippen molar-refractivity contribution in [3.05, 3.63) is 34.9 Å². The van der Waals surface area contributed by atoms with Crippen molar-refractivity contribution in [3.63, 3.8) is 0 Å². The molecule has 0 amide bonds. The lowest BCUT2D eigenvalue weighted by atomic mass is 9.82. The SMILES string of the molecule is CCCNC1CCCC(Cc2ccc(Cl)cc2)C1. The van der Waals surface area contributed by atoms with Gasteiger partial charge >= 0.3 is 0 Å². The minimum absolute atomic E-state index is 0.746. The van der Waals surface area contributed by atoms with Gasteiger partial charge in [0.25, 0.3) is 0 Å². The van der Waals surface area contributed by atoms with Gasteiger partial charge in [-0.05, 0) is 55.8 Å². The van der Waals surface area contributed by atoms with Crippen molar-refractivity contribution in [3.8, 4) is 0 Å². The molecule has 0 spiro atoms. The summed E-state index contributed by atoms with van der Waals surface area (Å²) in [6, 6.07) is 9.10. The fraction of sp³-hybridized carbons (Fsp3) is 0.625. The zero-order chi connectivity index (χ0) is 12.8. The van der Waals surface area contributed by atoms with Gasteiger partial charge in [-0.25, -0.2) is 0 Å². The van der Waals surface area contributed by atoms with Crippen LogP contribution in [0.25, 0.3) is 0 Å². The predicted octanol–water partition coefficient (Wildman–Crippen LogP) is 4.44. The fourth-order valence-corrected chi connectivity index (χ4v) is 3.09. The average molecular weight is 266 g/mol. The Morgan fingerprint density at radius 1 is 1.22 bits per heavy atom. The van der Waals surface area contributed by atoms with E-state index in [1.165, 1.54) is 50.6 Å². The Hall–Kier alpha value is -0.530. The van der Waals surface area contributed by atoms with Crippen molar-refractivity contribution in [2.24, 2.45) is 5.92 Å². The van der Waals surface area contributed by atoms with Crippen LogP contribution < -0.4 is 5.32 Å². The van der Waals surface area contributed by atoms with Gasteiger partial charge < -0.3 is 5.32 Å². The van der Waals surface area contributed by atoms with E-state index < -0.39 is 0 Å². The lowest BCUT2D eigenvalue weighted by Crippen LogP contribution is -2.35. The van der Waals surface area contributed by atoms with Crippen LogP contribution in [0, 0.1) is 5.92 Å². The highest BCUT2D eigenvalue weighted by atomic mass is 35.5. The van der Waals surface area contributed by atoms with Gasteiger partial charge in [0.15, 0.2) is 0 Å². The first kappa shape index (κ1) is 13.9. The minimum atomic E-state index is 0.746. The zero-order valence-corrected chi connectivity index (χ0v) is 12.0. The van der Waals surface area contributed by atoms with Crippen LogP contribution in [-0.4, -0.2) is 12.6 Å². The second kappa shape index (κ2) is 7.16. The normalized spacial score (nSPS) is 24.1. The van der Waals surface area contributed by atoms with Crippen LogP contribution in [0.1, 0.15) is 44.6 Å². The zero-order valence-electron chi connectivity index (χ0n) is 11.3. The summed E-state index contributed by atoms with van der Waals surface area (Å²) in [5.74, 6) is 0.842. The van der Waals surface area contributed by atoms with E-state index in [0.717, 1.165) is 17.0 Å². The topological polar surface area (TPSA) is 12.0 Å². The average Bonchev–Trinajstić information content (AvgIpc) is 2.40. The maximum Gasteiger partial charge on any atom is 0.0406 e. The first-order valence-corrected chi connectivity index (χ1v) is 7.63. The molecule has 1 fully saturated rings. The molecule has 0 aliphatic heterocycles. The summed E-state index contributed by atoms with van der Waals surface area (Å²) in [6.07, 6.45) is 7.89. The Labute approximate surface area is 116 Å². The van der Waals surface area contributed by atoms with Gasteiger partial charge in [-0.2, -0.15) is 0 Å². The van der Waals surface area contributed by atoms with E-state index in [0.29, 0.717) is 0 Å². The molecule has 100 valence electrons. The van der Waals surface area contributed by atoms with Crippen LogP contribution in [0.15, 0.2) is 24.3 Å². The highest BCUT2D eigenvalue weighted by molar-refractivity contribution is 6.30. The predicted molar refractivity (Wildman–Crippen MR) is 79.2 cm³/mol. The van der Waals surface area contributed by atoms with E-state index in [9.17, 15) is 0 Å². The number of benzene rings is 1. The van der Waals surface area contributed by atoms with E-state index in [4.69, 9.17) is 11.6 Å². The van der Waals surface area contributed by atoms with E-state index >= 15 is 0 Å². The second-order valence-electron chi connectivity index (χ2n) is 5.51. The van der Waals surface area contributed by atoms with E-state index in [1.54, 1.807) is 0 Å². The van der Waals surface area contributed by atoms with Gasteiger partial charge in [0.05, 0.1) is 0 Å². The summed E-state index contributed by atoms with van der Waals surface area (Å²) < 4.78 is 0. The Kier molecular flexibility index (Phi) is 5.52. The Morgan fingerprint density at radius 2 is 2.00 bits per heavy atom. The molecule has 1 nitrogen and oxygen atoms in total. The van der Waals surface area contributed by atoms with E-state index in [2.05, 4.69) is 24.4 Å². The Balaban J connectivity index is 1.83. The van der Waals surface area contributed by atoms with Crippen molar-refractivity contribution in [2.45, 2.75) is 51.5 Å². The van der Waals surface area contributed by atoms with Crippen LogP contribution in [0.4, 0.5) is 0 Å². The fourth-order valence-electron chi connectivity index (χ4n) is 2.96. The number of rotatable bonds is 5. The van der Waals surface area contributed by atoms with Crippen LogP contribution in [0.3, 0.4) is 0 Å². The molecule has 1 saturated carbocycles. The molecule has 2 atom stereocenters. The van der Waals surface area contributed by atoms with Crippen molar-refractivity contribution in [1.29, 1.82) is 0 Å². The third kappa shape index (κ3) is 4.29. The van der Waals surface area contributed by atoms with Gasteiger partial charge in [0, 0.05) is 11.1 Å². The lowest BCUT2D eigenvalue weighted by molar-refractivity contribution is 0.284. The number of hydrogen-bond donors (Lipinski definition) is 1. The number of halogens is 1. The summed E-state index contributed by atoms with van der Waals surface area (Å²) in [7, 11) is 0. The molecule has 1 aliphatic carbocycles. The largest absolute Gasteiger partial charge is 0.314 e. The molecule has 0 radical (unpaired) electrons. The smallest absolute Gasteiger partial charge is 0.0406 e. The van der Waals surface area contributed by atoms with Gasteiger partial charge in [-0.3, -0.25) is 0 Å². The molecule has 1 aromatic rings. The third-order valence-electron chi connectivity index (χ3n) is 3.90. The minimum Gasteiger partial charge on any atom is -0.314 e. The maximum absolute atomic E-state index is 5.92. The molecule has 2 unspecified atom stereocenters. The maximum atomic E-state index is 5.92. The van der Waals surface area contributed by atoms with Crippen LogP contribution in [0.2, 0.25) is 5.02 Å². The van der Waals surface area contributed by atoms with Crippen LogP contribution >= 0.6 is 11.6 Å². The summed E-state index contributed by atoms with van der Waals surface area (Å²) in [4.78, 5) is 0. The van der Waals surface area contributed by atoms with Crippen LogP contribution in [0.5, 0.6) is 0 Å². The van der Waals surface area contributed by atoms with E-state index in [-0.39, 0.29) is 0 Å². The monoisotopic (exact) mass is 265 g/mol. The number of nitrogens with one attached hydrogen (secondary N) is 1. The van der Waals surface area contributed by atoms with Crippen molar-refractivity contribution in [2.75, 3.05) is 6.54 Å². The summed E-state index contributed by atoms with van der Waals surface area (Å²) in [5.41, 5.74) is 1.43. The molecule has 1 aliphatic rings. The highest BCUT2D eigenvalue weighted by Crippen LogP contribution is 2.27. The molecule has 0 heterocycles. The van der Waals surface area contributed by atoms with E-state index in [1.807, 2.05) is 12.1 Å². The molecule has 2 heteroatoms. The molecular formula is C16H24ClN. The summed E-state index contributed by atoms with van der Waals surface area (Å²) >= 11 is 5.92. The standard InChI is InChI=1S/C16H24ClN/c1-2-10-18-16-5-3-4-14(12-16)11-13-6-8-15(17)9-7-13/h6-9,14,16,18H,2-5,10-12H2,1H3. The molecule has 0 bridgehead atoms. The summed E-state index contributed by atoms with van der Waals surface area (Å²) in [5, 5.41) is 4.51. The van der Waals surface area contributed by atoms with Gasteiger partial charge in [-0.1, -0.05) is 43.5 Å². The lowest BCUT2D eigenvalue weighted by Gasteiger charge is -2.30. The van der Waals surface area contributed by atoms with Crippen molar-refractivity contribution in [1.82, 2.24) is 5.32 Å². The molecule has 18 heavy (non-hydrogen) atoms. The van der Waals surface area contributed by atoms with Crippen molar-refractivity contribution < 1.29 is 0 Å². The number of hydrogen-bond acceptors (Lipinski definition) is 1. The Bertz CT molecular complexity index is 347. The van der Waals surface area contributed by atoms with Gasteiger partial charge in [0.2, 0.25) is 0 Å². The Morgan fingerprint density at radius 3 is 2.72 bits per heavy atom. The summed E-state index contributed by atoms with van der Waals surface area (Å²) in [6.45, 7) is 3.40. The molecule has 2 rings (SSSR count). The first-order valence-electron chi connectivity index (χ1n) is 7.25.